The maximum atomic E-state index is 2.39. The maximum absolute atomic E-state index is 2.39. The van der Waals surface area contributed by atoms with Gasteiger partial charge in [0.25, 0.3) is 0 Å². The van der Waals surface area contributed by atoms with E-state index in [1.165, 1.54) is 12.8 Å². The molecule has 0 amide bonds. The zero-order valence-corrected chi connectivity index (χ0v) is 11.2. The van der Waals surface area contributed by atoms with E-state index in [4.69, 9.17) is 0 Å². The summed E-state index contributed by atoms with van der Waals surface area (Å²) in [4.78, 5) is 0. The van der Waals surface area contributed by atoms with Crippen molar-refractivity contribution in [3.8, 4) is 0 Å². The van der Waals surface area contributed by atoms with Crippen LogP contribution in [-0.2, 0) is 0 Å². The van der Waals surface area contributed by atoms with Gasteiger partial charge in [-0.1, -0.05) is 0 Å². The van der Waals surface area contributed by atoms with Crippen molar-refractivity contribution in [2.45, 2.75) is 21.0 Å². The molecule has 0 aromatic heterocycles. The topological polar surface area (TPSA) is 0 Å². The summed E-state index contributed by atoms with van der Waals surface area (Å²) in [6, 6.07) is 0. The summed E-state index contributed by atoms with van der Waals surface area (Å²) >= 11 is -0.484. The Morgan fingerprint density at radius 2 is 2.00 bits per heavy atom. The molecule has 0 fully saturated rings. The van der Waals surface area contributed by atoms with Crippen molar-refractivity contribution in [2.24, 2.45) is 0 Å². The van der Waals surface area contributed by atoms with Crippen LogP contribution in [0.1, 0.15) is 19.8 Å². The van der Waals surface area contributed by atoms with Gasteiger partial charge in [-0.25, -0.2) is 0 Å². The molecular formula is C9H14Ba. The van der Waals surface area contributed by atoms with Crippen molar-refractivity contribution in [2.75, 3.05) is 0 Å². The number of unbranched alkanes of at least 4 members (excludes halogenated alkanes) is 1. The van der Waals surface area contributed by atoms with Crippen LogP contribution in [0.25, 0.3) is 0 Å². The zero-order chi connectivity index (χ0) is 7.23. The number of allylic oxidation sites excluding steroid dienone is 4. The quantitative estimate of drug-likeness (QED) is 0.538. The van der Waals surface area contributed by atoms with E-state index in [1.807, 2.05) is 0 Å². The molecule has 1 aliphatic rings. The predicted octanol–water partition coefficient (Wildman–Crippen LogP) is 2.82. The fourth-order valence-electron chi connectivity index (χ4n) is 1.30. The molecule has 0 aliphatic heterocycles. The van der Waals surface area contributed by atoms with E-state index >= 15 is 0 Å². The van der Waals surface area contributed by atoms with Crippen LogP contribution in [0.15, 0.2) is 24.3 Å². The molecule has 52 valence electrons. The van der Waals surface area contributed by atoms with E-state index in [2.05, 4.69) is 31.2 Å². The summed E-state index contributed by atoms with van der Waals surface area (Å²) in [7, 11) is 0. The monoisotopic (exact) mass is 260 g/mol. The molecular weight excluding hydrogens is 245 g/mol. The second-order valence-corrected chi connectivity index (χ2v) is 9.92. The van der Waals surface area contributed by atoms with E-state index in [9.17, 15) is 0 Å². The van der Waals surface area contributed by atoms with Gasteiger partial charge in [0, 0.05) is 0 Å². The average Bonchev–Trinajstić information content (AvgIpc) is 2.41. The molecule has 0 N–H and O–H groups in total. The van der Waals surface area contributed by atoms with Gasteiger partial charge in [-0.2, -0.15) is 0 Å². The second-order valence-electron chi connectivity index (χ2n) is 2.93. The Balaban J connectivity index is 2.03. The minimum absolute atomic E-state index is 0.484. The molecule has 1 heteroatoms. The molecule has 0 unspecified atom stereocenters. The van der Waals surface area contributed by atoms with E-state index in [-0.39, 0.29) is 0 Å². The molecule has 10 heavy (non-hydrogen) atoms. The third kappa shape index (κ3) is 3.44. The summed E-state index contributed by atoms with van der Waals surface area (Å²) in [5, 5.41) is 0. The molecule has 0 heterocycles. The molecule has 0 saturated heterocycles. The van der Waals surface area contributed by atoms with Gasteiger partial charge in [0.2, 0.25) is 0 Å². The number of hydrogen-bond acceptors (Lipinski definition) is 0. The van der Waals surface area contributed by atoms with Gasteiger partial charge in [0.1, 0.15) is 0 Å². The minimum atomic E-state index is -0.484. The zero-order valence-electron chi connectivity index (χ0n) is 6.72. The average molecular weight is 260 g/mol. The van der Waals surface area contributed by atoms with E-state index in [0.29, 0.717) is 0 Å². The van der Waals surface area contributed by atoms with Gasteiger partial charge in [-0.05, 0) is 0 Å². The summed E-state index contributed by atoms with van der Waals surface area (Å²) in [5.74, 6) is 0. The molecule has 0 bridgehead atoms. The van der Waals surface area contributed by atoms with Gasteiger partial charge in [0.05, 0.1) is 0 Å². The van der Waals surface area contributed by atoms with E-state index in [0.717, 1.165) is 0.386 Å². The molecule has 0 nitrogen and oxygen atoms in total. The van der Waals surface area contributed by atoms with Crippen LogP contribution in [-0.4, -0.2) is 44.2 Å². The summed E-state index contributed by atoms with van der Waals surface area (Å²) in [6.07, 6.45) is 12.1. The van der Waals surface area contributed by atoms with Crippen LogP contribution < -0.4 is 0 Å². The first-order chi connectivity index (χ1) is 4.93. The number of hydrogen-bond donors (Lipinski definition) is 0. The first-order valence-corrected chi connectivity index (χ1v) is 9.99. The van der Waals surface area contributed by atoms with Crippen LogP contribution in [0.4, 0.5) is 0 Å². The fourth-order valence-corrected chi connectivity index (χ4v) is 7.45. The van der Waals surface area contributed by atoms with Crippen molar-refractivity contribution in [1.82, 2.24) is 0 Å². The van der Waals surface area contributed by atoms with Gasteiger partial charge >= 0.3 is 89.5 Å². The summed E-state index contributed by atoms with van der Waals surface area (Å²) in [6.45, 7) is 2.29. The Bertz CT molecular complexity index is 124. The molecule has 0 saturated carbocycles. The SMILES string of the molecule is CCC[CH2][Ba][CH]1C=CC=C1. The van der Waals surface area contributed by atoms with Crippen molar-refractivity contribution in [1.29, 1.82) is 0 Å². The normalized spacial score (nSPS) is 16.1. The predicted molar refractivity (Wildman–Crippen MR) is 47.5 cm³/mol. The van der Waals surface area contributed by atoms with Crippen LogP contribution in [0, 0.1) is 0 Å². The molecule has 0 radical (unpaired) electrons. The Hall–Kier alpha value is 1.05. The van der Waals surface area contributed by atoms with Crippen LogP contribution in [0.5, 0.6) is 0 Å². The van der Waals surface area contributed by atoms with Gasteiger partial charge in [0.15, 0.2) is 0 Å². The molecule has 0 aromatic carbocycles. The van der Waals surface area contributed by atoms with Crippen molar-refractivity contribution in [3.63, 3.8) is 0 Å². The van der Waals surface area contributed by atoms with Crippen molar-refractivity contribution < 1.29 is 0 Å². The molecule has 1 aliphatic carbocycles. The summed E-state index contributed by atoms with van der Waals surface area (Å²) < 4.78 is 2.59. The Morgan fingerprint density at radius 3 is 2.60 bits per heavy atom. The Kier molecular flexibility index (Phi) is 5.18. The Labute approximate surface area is 88.1 Å². The second kappa shape index (κ2) is 5.67. The van der Waals surface area contributed by atoms with Gasteiger partial charge in [-0.15, -0.1) is 0 Å². The third-order valence-electron chi connectivity index (χ3n) is 1.97. The van der Waals surface area contributed by atoms with Crippen LogP contribution in [0.3, 0.4) is 0 Å². The Morgan fingerprint density at radius 1 is 1.30 bits per heavy atom. The fraction of sp³-hybridized carbons (Fsp3) is 0.556. The van der Waals surface area contributed by atoms with E-state index in [1.54, 1.807) is 0.889 Å². The van der Waals surface area contributed by atoms with Crippen LogP contribution in [0.2, 0.25) is 1.27 Å². The first kappa shape index (κ1) is 9.14. The molecule has 0 aromatic rings. The summed E-state index contributed by atoms with van der Waals surface area (Å²) in [5.41, 5.74) is 0. The van der Waals surface area contributed by atoms with Gasteiger partial charge in [-0.3, -0.25) is 0 Å². The molecule has 0 atom stereocenters. The first-order valence-electron chi connectivity index (χ1n) is 4.28. The van der Waals surface area contributed by atoms with E-state index < -0.39 is 44.2 Å². The van der Waals surface area contributed by atoms with Crippen molar-refractivity contribution in [3.05, 3.63) is 24.3 Å². The van der Waals surface area contributed by atoms with Gasteiger partial charge < -0.3 is 0 Å². The standard InChI is InChI=1S/C5H5.C4H9.Ba/c1-2-4-5-3-1;1-3-4-2;/h1-5H;1,3-4H2,2H3;. The van der Waals surface area contributed by atoms with Crippen LogP contribution >= 0.6 is 0 Å². The third-order valence-corrected chi connectivity index (χ3v) is 8.62. The number of rotatable bonds is 4. The van der Waals surface area contributed by atoms with Crippen molar-refractivity contribution >= 4 is 44.2 Å². The molecule has 0 spiro atoms. The molecule has 1 rings (SSSR count).